The summed E-state index contributed by atoms with van der Waals surface area (Å²) in [6.07, 6.45) is 0.619. The average Bonchev–Trinajstić information content (AvgIpc) is 3.46. The van der Waals surface area contributed by atoms with E-state index in [4.69, 9.17) is 8.85 Å². The molecule has 2 nitrogen and oxygen atoms in total. The molecule has 0 amide bonds. The predicted octanol–water partition coefficient (Wildman–Crippen LogP) is 9.36. The maximum absolute atomic E-state index is 8.72. The first-order chi connectivity index (χ1) is 34.7. The quantitative estimate of drug-likeness (QED) is 0.0458. The van der Waals surface area contributed by atoms with Crippen LogP contribution in [0.5, 0.6) is 0 Å². The van der Waals surface area contributed by atoms with Gasteiger partial charge in [0.2, 0.25) is 0 Å². The highest BCUT2D eigenvalue weighted by molar-refractivity contribution is 7.73. The normalized spacial score (nSPS) is 12.7. The first-order valence-electron chi connectivity index (χ1n) is 24.2. The third-order valence-corrected chi connectivity index (χ3v) is 26.5. The van der Waals surface area contributed by atoms with Crippen LogP contribution in [0.4, 0.5) is 0 Å². The van der Waals surface area contributed by atoms with E-state index in [0.29, 0.717) is 0 Å². The summed E-state index contributed by atoms with van der Waals surface area (Å²) in [6, 6.07) is 111. The maximum atomic E-state index is 8.72. The lowest BCUT2D eigenvalue weighted by molar-refractivity contribution is 0.0806. The highest BCUT2D eigenvalue weighted by Gasteiger charge is 2.50. The van der Waals surface area contributed by atoms with Gasteiger partial charge < -0.3 is 8.85 Å². The smallest absolute Gasteiger partial charge is 0.288 e. The Morgan fingerprint density at radius 2 is 0.386 bits per heavy atom. The van der Waals surface area contributed by atoms with Gasteiger partial charge in [0, 0.05) is 12.3 Å². The van der Waals surface area contributed by atoms with Crippen LogP contribution in [0.2, 0.25) is 0 Å². The highest BCUT2D eigenvalue weighted by Crippen LogP contribution is 2.41. The molecule has 0 N–H and O–H groups in total. The van der Waals surface area contributed by atoms with Crippen molar-refractivity contribution in [3.8, 4) is 0 Å². The molecule has 0 radical (unpaired) electrons. The topological polar surface area (TPSA) is 18.5 Å². The molecule has 10 rings (SSSR count). The molecule has 10 aromatic rings. The monoisotopic (exact) mass is 974 g/mol. The minimum atomic E-state index is -3.39. The van der Waals surface area contributed by atoms with Gasteiger partial charge in [0.25, 0.3) is 16.6 Å². The van der Waals surface area contributed by atoms with E-state index in [1.807, 2.05) is 0 Å². The lowest BCUT2D eigenvalue weighted by Crippen LogP contribution is -2.74. The van der Waals surface area contributed by atoms with Crippen molar-refractivity contribution in [2.45, 2.75) is 12.2 Å². The van der Waals surface area contributed by atoms with Gasteiger partial charge in [0.15, 0.2) is 0 Å². The molecule has 0 unspecified atom stereocenters. The van der Waals surface area contributed by atoms with Crippen molar-refractivity contribution >= 4 is 84.8 Å². The zero-order chi connectivity index (χ0) is 47.3. The fraction of sp³-hybridized carbons (Fsp3) is 0.0625. The van der Waals surface area contributed by atoms with E-state index in [9.17, 15) is 0 Å². The van der Waals surface area contributed by atoms with Crippen molar-refractivity contribution in [1.29, 1.82) is 0 Å². The molecule has 0 aromatic heterocycles. The van der Waals surface area contributed by atoms with Crippen LogP contribution in [-0.4, -0.2) is 41.2 Å². The summed E-state index contributed by atoms with van der Waals surface area (Å²) in [5, 5.41) is 12.5. The molecule has 0 aliphatic heterocycles. The summed E-state index contributed by atoms with van der Waals surface area (Å²) in [4.78, 5) is 0. The second-order valence-corrected chi connectivity index (χ2v) is 28.6. The Balaban J connectivity index is 1.29. The lowest BCUT2D eigenvalue weighted by Gasteiger charge is -2.45. The minimum absolute atomic E-state index is 0.417. The molecule has 6 heteroatoms. The standard InChI is InChI=1S/C64H56O2P2Si2/c1-11-31-53(32-12-1)67(54-33-13-2-14-34-54)51-63(65-69(57-39-19-5-20-40-57,58-41-21-6-22-42-58)59-43-23-7-24-44-59)64(52-68(55-35-15-3-16-36-55)56-37-17-4-18-38-56)66-70(60-45-25-8-26-46-60,61-47-27-9-28-48-61)62-49-29-10-30-50-62/h1-50,63-64H,51-52H2/t63-,64-/m0/s1. The molecule has 0 heterocycles. The zero-order valence-corrected chi connectivity index (χ0v) is 42.9. The Morgan fingerprint density at radius 1 is 0.229 bits per heavy atom. The van der Waals surface area contributed by atoms with Gasteiger partial charge in [-0.05, 0) is 68.2 Å². The van der Waals surface area contributed by atoms with Crippen LogP contribution in [0.1, 0.15) is 0 Å². The molecule has 0 aliphatic rings. The van der Waals surface area contributed by atoms with Crippen molar-refractivity contribution < 1.29 is 8.85 Å². The molecular weight excluding hydrogens is 919 g/mol. The summed E-state index contributed by atoms with van der Waals surface area (Å²) in [5.41, 5.74) is 0. The average molecular weight is 975 g/mol. The Morgan fingerprint density at radius 3 is 0.557 bits per heavy atom. The minimum Gasteiger partial charge on any atom is -0.398 e. The van der Waals surface area contributed by atoms with Gasteiger partial charge in [0.1, 0.15) is 0 Å². The first kappa shape index (κ1) is 47.1. The van der Waals surface area contributed by atoms with E-state index in [1.54, 1.807) is 0 Å². The van der Waals surface area contributed by atoms with E-state index >= 15 is 0 Å². The van der Waals surface area contributed by atoms with Crippen molar-refractivity contribution in [1.82, 2.24) is 0 Å². The van der Waals surface area contributed by atoms with Gasteiger partial charge in [-0.3, -0.25) is 0 Å². The van der Waals surface area contributed by atoms with Crippen molar-refractivity contribution in [3.05, 3.63) is 303 Å². The van der Waals surface area contributed by atoms with Crippen LogP contribution in [0.15, 0.2) is 303 Å². The zero-order valence-electron chi connectivity index (χ0n) is 39.1. The second-order valence-electron chi connectivity index (χ2n) is 17.4. The summed E-state index contributed by atoms with van der Waals surface area (Å²) in [7, 11) is -8.74. The van der Waals surface area contributed by atoms with E-state index in [0.717, 1.165) is 12.3 Å². The van der Waals surface area contributed by atoms with Gasteiger partial charge in [-0.15, -0.1) is 0 Å². The Bertz CT molecular complexity index is 2600. The van der Waals surface area contributed by atoms with Gasteiger partial charge in [-0.2, -0.15) is 0 Å². The first-order valence-corrected chi connectivity index (χ1v) is 31.0. The van der Waals surface area contributed by atoms with Gasteiger partial charge in [-0.25, -0.2) is 0 Å². The molecule has 0 aliphatic carbocycles. The molecule has 0 bridgehead atoms. The Labute approximate surface area is 419 Å². The molecular formula is C64H56O2P2Si2. The third kappa shape index (κ3) is 10.3. The molecule has 0 saturated carbocycles. The van der Waals surface area contributed by atoms with Crippen molar-refractivity contribution in [2.75, 3.05) is 12.3 Å². The van der Waals surface area contributed by atoms with Crippen LogP contribution < -0.4 is 52.3 Å². The maximum Gasteiger partial charge on any atom is 0.288 e. The Hall–Kier alpha value is -6.59. The molecule has 0 fully saturated rings. The summed E-state index contributed by atoms with van der Waals surface area (Å²) in [6.45, 7) is 0. The van der Waals surface area contributed by atoms with Crippen molar-refractivity contribution in [2.24, 2.45) is 0 Å². The van der Waals surface area contributed by atoms with E-state index in [-0.39, 0.29) is 0 Å². The Kier molecular flexibility index (Phi) is 15.4. The van der Waals surface area contributed by atoms with Crippen LogP contribution >= 0.6 is 15.8 Å². The fourth-order valence-corrected chi connectivity index (χ4v) is 23.2. The van der Waals surface area contributed by atoms with Gasteiger partial charge >= 0.3 is 0 Å². The largest absolute Gasteiger partial charge is 0.398 e. The van der Waals surface area contributed by atoms with E-state index in [1.165, 1.54) is 52.3 Å². The lowest BCUT2D eigenvalue weighted by atomic mass is 10.2. The third-order valence-electron chi connectivity index (χ3n) is 13.1. The summed E-state index contributed by atoms with van der Waals surface area (Å²) < 4.78 is 17.4. The van der Waals surface area contributed by atoms with E-state index in [2.05, 4.69) is 303 Å². The van der Waals surface area contributed by atoms with Crippen LogP contribution in [-0.2, 0) is 8.85 Å². The fourth-order valence-electron chi connectivity index (χ4n) is 9.87. The molecule has 0 saturated heterocycles. The summed E-state index contributed by atoms with van der Waals surface area (Å²) in [5.74, 6) is 0. The molecule has 342 valence electrons. The number of benzene rings is 10. The SMILES string of the molecule is c1ccc(P(C[C@H](O[Si](c2ccccc2)(c2ccccc2)c2ccccc2)[C@H](CP(c2ccccc2)c2ccccc2)O[Si](c2ccccc2)(c2ccccc2)c2ccccc2)c2ccccc2)cc1. The molecule has 70 heavy (non-hydrogen) atoms. The molecule has 10 aromatic carbocycles. The van der Waals surface area contributed by atoms with Gasteiger partial charge in [-0.1, -0.05) is 303 Å². The van der Waals surface area contributed by atoms with Crippen LogP contribution in [0.25, 0.3) is 0 Å². The van der Waals surface area contributed by atoms with Crippen molar-refractivity contribution in [3.63, 3.8) is 0 Å². The molecule has 0 spiro atoms. The summed E-state index contributed by atoms with van der Waals surface area (Å²) >= 11 is 0. The van der Waals surface area contributed by atoms with E-state index < -0.39 is 44.7 Å². The van der Waals surface area contributed by atoms with Crippen LogP contribution in [0, 0.1) is 0 Å². The second kappa shape index (κ2) is 22.9. The highest BCUT2D eigenvalue weighted by atomic mass is 31.1. The van der Waals surface area contributed by atoms with Gasteiger partial charge in [0.05, 0.1) is 12.2 Å². The molecule has 2 atom stereocenters. The predicted molar refractivity (Wildman–Crippen MR) is 306 cm³/mol. The number of hydrogen-bond donors (Lipinski definition) is 0. The number of hydrogen-bond acceptors (Lipinski definition) is 2. The number of rotatable bonds is 19. The van der Waals surface area contributed by atoms with Crippen LogP contribution in [0.3, 0.4) is 0 Å².